The van der Waals surface area contributed by atoms with E-state index in [2.05, 4.69) is 50.3 Å². The molecule has 0 aliphatic carbocycles. The number of benzene rings is 1. The van der Waals surface area contributed by atoms with Crippen molar-refractivity contribution in [2.75, 3.05) is 5.73 Å². The van der Waals surface area contributed by atoms with E-state index in [1.165, 1.54) is 0 Å². The second-order valence-electron chi connectivity index (χ2n) is 6.93. The number of hydrogen-bond acceptors (Lipinski definition) is 6. The molecular weight excluding hydrogens is 468 g/mol. The third kappa shape index (κ3) is 4.40. The van der Waals surface area contributed by atoms with Crippen molar-refractivity contribution in [1.82, 2.24) is 20.0 Å². The standard InChI is InChI=1S/C24H21BrN6O/c1-16(32)17-9-11-18(12-10-17)22-21(25)23(26)31-24(30-22)20(15-29-31)19-8-6-4-2-3-5-7-13-27-28-14-19/h2-5,7-15,27,32H,1,6,26H2/b4-2-,5-3-,13-7+,19-8+,28-14-. The molecular formula is C24H21BrN6O. The Hall–Kier alpha value is -3.91. The fourth-order valence-electron chi connectivity index (χ4n) is 3.17. The Kier molecular flexibility index (Phi) is 6.32. The maximum Gasteiger partial charge on any atom is 0.165 e. The average molecular weight is 489 g/mol. The Morgan fingerprint density at radius 1 is 1.16 bits per heavy atom. The number of nitrogens with two attached hydrogens (primary N) is 1. The lowest BCUT2D eigenvalue weighted by molar-refractivity contribution is 0.514. The molecule has 1 aliphatic rings. The molecule has 8 heteroatoms. The van der Waals surface area contributed by atoms with E-state index in [-0.39, 0.29) is 5.76 Å². The summed E-state index contributed by atoms with van der Waals surface area (Å²) in [6.07, 6.45) is 17.8. The van der Waals surface area contributed by atoms with Crippen molar-refractivity contribution >= 4 is 44.9 Å². The molecule has 0 amide bonds. The molecule has 4 N–H and O–H groups in total. The minimum absolute atomic E-state index is 0.0124. The topological polar surface area (TPSA) is 101 Å². The van der Waals surface area contributed by atoms with Crippen molar-refractivity contribution < 1.29 is 5.11 Å². The van der Waals surface area contributed by atoms with E-state index in [0.717, 1.165) is 23.1 Å². The SMILES string of the molecule is C=C(O)c1ccc(-c2nc3c(C4=C/C\C=C/C=C\C=C\N/N=C\4)cnn3c(N)c2Br)cc1. The molecule has 32 heavy (non-hydrogen) atoms. The van der Waals surface area contributed by atoms with Crippen LogP contribution in [0.25, 0.3) is 28.2 Å². The van der Waals surface area contributed by atoms with Crippen molar-refractivity contribution in [2.45, 2.75) is 6.42 Å². The van der Waals surface area contributed by atoms with Gasteiger partial charge in [-0.3, -0.25) is 5.43 Å². The molecule has 4 rings (SSSR count). The van der Waals surface area contributed by atoms with Crippen LogP contribution in [-0.4, -0.2) is 25.9 Å². The number of hydrogen-bond donors (Lipinski definition) is 3. The number of nitrogens with zero attached hydrogens (tertiary/aromatic N) is 4. The Labute approximate surface area is 193 Å². The number of aliphatic hydroxyl groups is 1. The number of nitrogens with one attached hydrogen (secondary N) is 1. The molecule has 0 radical (unpaired) electrons. The van der Waals surface area contributed by atoms with Crippen molar-refractivity contribution in [3.63, 3.8) is 0 Å². The summed E-state index contributed by atoms with van der Waals surface area (Å²) in [5.41, 5.74) is 13.7. The summed E-state index contributed by atoms with van der Waals surface area (Å²) in [6.45, 7) is 3.56. The van der Waals surface area contributed by atoms with Gasteiger partial charge >= 0.3 is 0 Å². The molecule has 1 aromatic carbocycles. The van der Waals surface area contributed by atoms with E-state index in [0.29, 0.717) is 27.2 Å². The molecule has 0 fully saturated rings. The molecule has 1 aliphatic heterocycles. The van der Waals surface area contributed by atoms with Crippen LogP contribution in [0.4, 0.5) is 5.82 Å². The van der Waals surface area contributed by atoms with Crippen molar-refractivity contribution in [2.24, 2.45) is 5.10 Å². The Morgan fingerprint density at radius 2 is 1.94 bits per heavy atom. The molecule has 0 saturated carbocycles. The van der Waals surface area contributed by atoms with Crippen molar-refractivity contribution in [3.05, 3.63) is 95.3 Å². The summed E-state index contributed by atoms with van der Waals surface area (Å²) in [5.74, 6) is 0.446. The van der Waals surface area contributed by atoms with E-state index in [4.69, 9.17) is 10.7 Å². The normalized spacial score (nSPS) is 19.6. The smallest absolute Gasteiger partial charge is 0.165 e. The number of rotatable bonds is 3. The van der Waals surface area contributed by atoms with Crippen molar-refractivity contribution in [3.8, 4) is 11.3 Å². The Balaban J connectivity index is 1.82. The number of allylic oxidation sites excluding steroid dienone is 7. The maximum absolute atomic E-state index is 9.60. The molecule has 0 saturated heterocycles. The van der Waals surface area contributed by atoms with Gasteiger partial charge < -0.3 is 10.8 Å². The van der Waals surface area contributed by atoms with Gasteiger partial charge in [-0.1, -0.05) is 61.2 Å². The fraction of sp³-hybridized carbons (Fsp3) is 0.0417. The van der Waals surface area contributed by atoms with Gasteiger partial charge in [0.05, 0.1) is 22.6 Å². The van der Waals surface area contributed by atoms with Crippen LogP contribution in [0.5, 0.6) is 0 Å². The zero-order valence-electron chi connectivity index (χ0n) is 17.1. The minimum atomic E-state index is 0.0124. The number of hydrazone groups is 1. The van der Waals surface area contributed by atoms with Gasteiger partial charge in [-0.2, -0.15) is 14.7 Å². The number of aromatic nitrogens is 3. The van der Waals surface area contributed by atoms with Crippen LogP contribution >= 0.6 is 15.9 Å². The number of anilines is 1. The summed E-state index contributed by atoms with van der Waals surface area (Å²) < 4.78 is 2.24. The van der Waals surface area contributed by atoms with Crippen LogP contribution in [0.2, 0.25) is 0 Å². The van der Waals surface area contributed by atoms with Crippen LogP contribution in [-0.2, 0) is 0 Å². The van der Waals surface area contributed by atoms with Gasteiger partial charge in [0.15, 0.2) is 5.65 Å². The van der Waals surface area contributed by atoms with Gasteiger partial charge in [0.1, 0.15) is 11.6 Å². The van der Waals surface area contributed by atoms with E-state index in [1.807, 2.05) is 36.4 Å². The first-order chi connectivity index (χ1) is 15.6. The number of nitrogen functional groups attached to an aromatic ring is 1. The maximum atomic E-state index is 9.60. The van der Waals surface area contributed by atoms with Gasteiger partial charge in [-0.05, 0) is 28.4 Å². The summed E-state index contributed by atoms with van der Waals surface area (Å²) in [6, 6.07) is 7.29. The number of fused-ring (bicyclic) bond motifs is 1. The molecule has 160 valence electrons. The van der Waals surface area contributed by atoms with E-state index in [9.17, 15) is 5.11 Å². The van der Waals surface area contributed by atoms with Crippen LogP contribution in [0.1, 0.15) is 17.5 Å². The first kappa shape index (κ1) is 21.3. The minimum Gasteiger partial charge on any atom is -0.508 e. The van der Waals surface area contributed by atoms with Crippen molar-refractivity contribution in [1.29, 1.82) is 0 Å². The third-order valence-electron chi connectivity index (χ3n) is 4.82. The van der Waals surface area contributed by atoms with E-state index >= 15 is 0 Å². The highest BCUT2D eigenvalue weighted by molar-refractivity contribution is 9.10. The van der Waals surface area contributed by atoms with E-state index < -0.39 is 0 Å². The summed E-state index contributed by atoms with van der Waals surface area (Å²) >= 11 is 3.56. The average Bonchev–Trinajstić information content (AvgIpc) is 3.21. The highest BCUT2D eigenvalue weighted by Crippen LogP contribution is 2.34. The van der Waals surface area contributed by atoms with Gasteiger partial charge in [0.25, 0.3) is 0 Å². The predicted molar refractivity (Wildman–Crippen MR) is 134 cm³/mol. The second-order valence-corrected chi connectivity index (χ2v) is 7.72. The summed E-state index contributed by atoms with van der Waals surface area (Å²) in [7, 11) is 0. The zero-order chi connectivity index (χ0) is 22.5. The Bertz CT molecular complexity index is 1310. The van der Waals surface area contributed by atoms with E-state index in [1.54, 1.807) is 35.3 Å². The van der Waals surface area contributed by atoms with Crippen LogP contribution < -0.4 is 11.2 Å². The lowest BCUT2D eigenvalue weighted by atomic mass is 10.1. The molecule has 0 unspecified atom stereocenters. The van der Waals surface area contributed by atoms with Gasteiger partial charge in [-0.15, -0.1) is 0 Å². The van der Waals surface area contributed by atoms with Gasteiger partial charge in [0, 0.05) is 28.5 Å². The predicted octanol–water partition coefficient (Wildman–Crippen LogP) is 5.26. The fourth-order valence-corrected chi connectivity index (χ4v) is 3.66. The zero-order valence-corrected chi connectivity index (χ0v) is 18.7. The monoisotopic (exact) mass is 488 g/mol. The van der Waals surface area contributed by atoms with Gasteiger partial charge in [0.2, 0.25) is 0 Å². The lowest BCUT2D eigenvalue weighted by Gasteiger charge is -2.10. The first-order valence-electron chi connectivity index (χ1n) is 9.85. The molecule has 3 heterocycles. The number of halogens is 1. The third-order valence-corrected chi connectivity index (χ3v) is 5.60. The highest BCUT2D eigenvalue weighted by Gasteiger charge is 2.18. The first-order valence-corrected chi connectivity index (χ1v) is 10.6. The summed E-state index contributed by atoms with van der Waals surface area (Å²) in [4.78, 5) is 4.87. The largest absolute Gasteiger partial charge is 0.508 e. The molecule has 0 atom stereocenters. The quantitative estimate of drug-likeness (QED) is 0.436. The Morgan fingerprint density at radius 3 is 2.72 bits per heavy atom. The van der Waals surface area contributed by atoms with Crippen LogP contribution in [0, 0.1) is 0 Å². The number of aliphatic hydroxyl groups excluding tert-OH is 1. The summed E-state index contributed by atoms with van der Waals surface area (Å²) in [5, 5.41) is 18.3. The lowest BCUT2D eigenvalue weighted by Crippen LogP contribution is -2.04. The van der Waals surface area contributed by atoms with Gasteiger partial charge in [-0.25, -0.2) is 4.98 Å². The molecule has 7 nitrogen and oxygen atoms in total. The second kappa shape index (κ2) is 9.49. The molecule has 0 bridgehead atoms. The molecule has 2 aromatic heterocycles. The molecule has 0 spiro atoms. The van der Waals surface area contributed by atoms with Crippen LogP contribution in [0.15, 0.2) is 89.3 Å². The molecule has 3 aromatic rings. The highest BCUT2D eigenvalue weighted by atomic mass is 79.9. The van der Waals surface area contributed by atoms with Crippen LogP contribution in [0.3, 0.4) is 0 Å².